The molecule has 0 heterocycles. The molecular formula is C28H33N. The minimum atomic E-state index is 0.963. The summed E-state index contributed by atoms with van der Waals surface area (Å²) in [5, 5.41) is 0. The highest BCUT2D eigenvalue weighted by Crippen LogP contribution is 2.35. The SMILES string of the molecule is CCC/C(=C(\c1ccc(CC)cc1)c1ccc(CN(C)C)cc1)c1ccccc1. The molecule has 0 saturated heterocycles. The van der Waals surface area contributed by atoms with Crippen molar-refractivity contribution in [3.8, 4) is 0 Å². The van der Waals surface area contributed by atoms with Gasteiger partial charge >= 0.3 is 0 Å². The molecule has 0 N–H and O–H groups in total. The average Bonchev–Trinajstić information content (AvgIpc) is 2.75. The van der Waals surface area contributed by atoms with Crippen LogP contribution in [-0.4, -0.2) is 19.0 Å². The van der Waals surface area contributed by atoms with E-state index in [-0.39, 0.29) is 0 Å². The molecule has 0 aliphatic carbocycles. The van der Waals surface area contributed by atoms with Gasteiger partial charge in [-0.05, 0) is 65.9 Å². The minimum Gasteiger partial charge on any atom is -0.305 e. The summed E-state index contributed by atoms with van der Waals surface area (Å²) in [7, 11) is 4.23. The quantitative estimate of drug-likeness (QED) is 0.376. The van der Waals surface area contributed by atoms with Gasteiger partial charge in [0.05, 0.1) is 0 Å². The van der Waals surface area contributed by atoms with Crippen LogP contribution in [0.2, 0.25) is 0 Å². The molecule has 0 radical (unpaired) electrons. The molecule has 0 spiro atoms. The molecule has 3 aromatic rings. The monoisotopic (exact) mass is 383 g/mol. The summed E-state index contributed by atoms with van der Waals surface area (Å²) in [4.78, 5) is 2.21. The standard InChI is InChI=1S/C28H33N/c1-5-10-27(24-11-8-7-9-12-24)28(25-17-13-22(6-2)14-18-25)26-19-15-23(16-20-26)21-29(3)4/h7-9,11-20H,5-6,10,21H2,1-4H3/b28-27-. The van der Waals surface area contributed by atoms with Crippen LogP contribution < -0.4 is 0 Å². The lowest BCUT2D eigenvalue weighted by Crippen LogP contribution is -2.10. The van der Waals surface area contributed by atoms with E-state index in [2.05, 4.69) is 112 Å². The van der Waals surface area contributed by atoms with E-state index in [0.29, 0.717) is 0 Å². The summed E-state index contributed by atoms with van der Waals surface area (Å²) >= 11 is 0. The van der Waals surface area contributed by atoms with Crippen LogP contribution in [0.3, 0.4) is 0 Å². The van der Waals surface area contributed by atoms with Crippen LogP contribution in [0, 0.1) is 0 Å². The molecule has 0 amide bonds. The minimum absolute atomic E-state index is 0.963. The highest BCUT2D eigenvalue weighted by molar-refractivity contribution is 5.98. The number of hydrogen-bond acceptors (Lipinski definition) is 1. The molecule has 0 fully saturated rings. The molecule has 0 aromatic heterocycles. The zero-order chi connectivity index (χ0) is 20.6. The summed E-state index contributed by atoms with van der Waals surface area (Å²) in [6, 6.07) is 29.1. The van der Waals surface area contributed by atoms with E-state index in [1.807, 2.05) is 0 Å². The summed E-state index contributed by atoms with van der Waals surface area (Å²) in [6.45, 7) is 5.44. The van der Waals surface area contributed by atoms with Crippen molar-refractivity contribution in [3.05, 3.63) is 107 Å². The normalized spacial score (nSPS) is 12.2. The number of aryl methyl sites for hydroxylation is 1. The van der Waals surface area contributed by atoms with Crippen LogP contribution >= 0.6 is 0 Å². The second-order valence-corrected chi connectivity index (χ2v) is 7.95. The van der Waals surface area contributed by atoms with E-state index < -0.39 is 0 Å². The molecule has 0 unspecified atom stereocenters. The highest BCUT2D eigenvalue weighted by Gasteiger charge is 2.14. The molecule has 0 aliphatic rings. The van der Waals surface area contributed by atoms with E-state index >= 15 is 0 Å². The molecule has 150 valence electrons. The fourth-order valence-electron chi connectivity index (χ4n) is 3.87. The van der Waals surface area contributed by atoms with E-state index in [1.165, 1.54) is 39.0 Å². The summed E-state index contributed by atoms with van der Waals surface area (Å²) in [6.07, 6.45) is 3.26. The van der Waals surface area contributed by atoms with Crippen LogP contribution in [0.5, 0.6) is 0 Å². The highest BCUT2D eigenvalue weighted by atomic mass is 15.0. The smallest absolute Gasteiger partial charge is 0.0227 e. The van der Waals surface area contributed by atoms with Gasteiger partial charge in [0.15, 0.2) is 0 Å². The Morgan fingerprint density at radius 2 is 1.21 bits per heavy atom. The molecule has 0 bridgehead atoms. The molecule has 3 rings (SSSR count). The van der Waals surface area contributed by atoms with Gasteiger partial charge in [0.25, 0.3) is 0 Å². The molecule has 0 saturated carbocycles. The Bertz CT molecular complexity index is 916. The third-order valence-corrected chi connectivity index (χ3v) is 5.32. The van der Waals surface area contributed by atoms with Crippen molar-refractivity contribution >= 4 is 11.1 Å². The first-order valence-electron chi connectivity index (χ1n) is 10.7. The van der Waals surface area contributed by atoms with Crippen molar-refractivity contribution in [1.29, 1.82) is 0 Å². The van der Waals surface area contributed by atoms with E-state index in [0.717, 1.165) is 25.8 Å². The summed E-state index contributed by atoms with van der Waals surface area (Å²) in [5.41, 5.74) is 9.43. The molecule has 1 heteroatoms. The van der Waals surface area contributed by atoms with Gasteiger partial charge in [-0.2, -0.15) is 0 Å². The lowest BCUT2D eigenvalue weighted by molar-refractivity contribution is 0.402. The Balaban J connectivity index is 2.17. The number of rotatable bonds is 8. The van der Waals surface area contributed by atoms with Gasteiger partial charge in [-0.25, -0.2) is 0 Å². The van der Waals surface area contributed by atoms with Gasteiger partial charge < -0.3 is 4.90 Å². The number of benzene rings is 3. The van der Waals surface area contributed by atoms with E-state index in [4.69, 9.17) is 0 Å². The maximum Gasteiger partial charge on any atom is 0.0227 e. The van der Waals surface area contributed by atoms with Crippen molar-refractivity contribution < 1.29 is 0 Å². The van der Waals surface area contributed by atoms with Crippen molar-refractivity contribution in [1.82, 2.24) is 4.90 Å². The first kappa shape index (κ1) is 21.1. The molecule has 0 aliphatic heterocycles. The molecule has 1 nitrogen and oxygen atoms in total. The fourth-order valence-corrected chi connectivity index (χ4v) is 3.87. The first-order valence-corrected chi connectivity index (χ1v) is 10.7. The van der Waals surface area contributed by atoms with Crippen molar-refractivity contribution in [3.63, 3.8) is 0 Å². The van der Waals surface area contributed by atoms with Crippen LogP contribution in [0.1, 0.15) is 54.5 Å². The number of hydrogen-bond donors (Lipinski definition) is 0. The maximum atomic E-state index is 2.29. The van der Waals surface area contributed by atoms with Gasteiger partial charge in [-0.15, -0.1) is 0 Å². The molecule has 3 aromatic carbocycles. The zero-order valence-corrected chi connectivity index (χ0v) is 18.3. The van der Waals surface area contributed by atoms with Crippen LogP contribution in [0.15, 0.2) is 78.9 Å². The Labute approximate surface area is 176 Å². The fraction of sp³-hybridized carbons (Fsp3) is 0.286. The third kappa shape index (κ3) is 5.46. The lowest BCUT2D eigenvalue weighted by Gasteiger charge is -2.18. The molecular weight excluding hydrogens is 350 g/mol. The topological polar surface area (TPSA) is 3.24 Å². The van der Waals surface area contributed by atoms with Gasteiger partial charge in [0.2, 0.25) is 0 Å². The van der Waals surface area contributed by atoms with Crippen molar-refractivity contribution in [2.24, 2.45) is 0 Å². The summed E-state index contributed by atoms with van der Waals surface area (Å²) in [5.74, 6) is 0. The second-order valence-electron chi connectivity index (χ2n) is 7.95. The van der Waals surface area contributed by atoms with Gasteiger partial charge in [0.1, 0.15) is 0 Å². The zero-order valence-electron chi connectivity index (χ0n) is 18.3. The number of allylic oxidation sites excluding steroid dienone is 1. The van der Waals surface area contributed by atoms with Crippen molar-refractivity contribution in [2.75, 3.05) is 14.1 Å². The summed E-state index contributed by atoms with van der Waals surface area (Å²) < 4.78 is 0. The second kappa shape index (κ2) is 10.2. The predicted molar refractivity (Wildman–Crippen MR) is 127 cm³/mol. The van der Waals surface area contributed by atoms with Crippen LogP contribution in [0.25, 0.3) is 11.1 Å². The Morgan fingerprint density at radius 3 is 1.69 bits per heavy atom. The van der Waals surface area contributed by atoms with Crippen LogP contribution in [-0.2, 0) is 13.0 Å². The van der Waals surface area contributed by atoms with Crippen molar-refractivity contribution in [2.45, 2.75) is 39.7 Å². The molecule has 29 heavy (non-hydrogen) atoms. The third-order valence-electron chi connectivity index (χ3n) is 5.32. The van der Waals surface area contributed by atoms with Crippen LogP contribution in [0.4, 0.5) is 0 Å². The Hall–Kier alpha value is -2.64. The Morgan fingerprint density at radius 1 is 0.655 bits per heavy atom. The van der Waals surface area contributed by atoms with Gasteiger partial charge in [-0.1, -0.05) is 99.1 Å². The number of nitrogens with zero attached hydrogens (tertiary/aromatic N) is 1. The van der Waals surface area contributed by atoms with E-state index in [1.54, 1.807) is 0 Å². The van der Waals surface area contributed by atoms with Gasteiger partial charge in [-0.3, -0.25) is 0 Å². The lowest BCUT2D eigenvalue weighted by atomic mass is 9.86. The average molecular weight is 384 g/mol. The maximum absolute atomic E-state index is 2.29. The largest absolute Gasteiger partial charge is 0.305 e. The predicted octanol–water partition coefficient (Wildman–Crippen LogP) is 7.07. The van der Waals surface area contributed by atoms with Gasteiger partial charge in [0, 0.05) is 6.54 Å². The van der Waals surface area contributed by atoms with E-state index in [9.17, 15) is 0 Å². The first-order chi connectivity index (χ1) is 14.1. The molecule has 0 atom stereocenters. The Kier molecular flexibility index (Phi) is 7.43.